The second kappa shape index (κ2) is 8.29. The Morgan fingerprint density at radius 1 is 1.30 bits per heavy atom. The van der Waals surface area contributed by atoms with E-state index in [1.54, 1.807) is 19.0 Å². The molecule has 0 aliphatic heterocycles. The summed E-state index contributed by atoms with van der Waals surface area (Å²) >= 11 is 12.3. The van der Waals surface area contributed by atoms with Gasteiger partial charge in [-0.25, -0.2) is 12.7 Å². The van der Waals surface area contributed by atoms with Crippen molar-refractivity contribution in [1.82, 2.24) is 9.21 Å². The third-order valence-corrected chi connectivity index (χ3v) is 6.56. The number of nitrogens with zero attached hydrogens (tertiary/aromatic N) is 2. The number of amides is 1. The lowest BCUT2D eigenvalue weighted by Gasteiger charge is -2.14. The van der Waals surface area contributed by atoms with E-state index in [9.17, 15) is 13.2 Å². The summed E-state index contributed by atoms with van der Waals surface area (Å²) in [5.41, 5.74) is 0.246. The third-order valence-electron chi connectivity index (χ3n) is 2.68. The van der Waals surface area contributed by atoms with Crippen molar-refractivity contribution >= 4 is 61.5 Å². The quantitative estimate of drug-likeness (QED) is 0.770. The van der Waals surface area contributed by atoms with Crippen LogP contribution in [0.1, 0.15) is 0 Å². The van der Waals surface area contributed by atoms with Gasteiger partial charge in [0.15, 0.2) is 0 Å². The van der Waals surface area contributed by atoms with Crippen molar-refractivity contribution in [2.24, 2.45) is 0 Å². The van der Waals surface area contributed by atoms with Gasteiger partial charge in [-0.05, 0) is 18.2 Å². The van der Waals surface area contributed by atoms with E-state index in [0.29, 0.717) is 4.32 Å². The Morgan fingerprint density at radius 3 is 2.43 bits per heavy atom. The van der Waals surface area contributed by atoms with Crippen molar-refractivity contribution in [3.63, 3.8) is 0 Å². The molecule has 6 nitrogen and oxygen atoms in total. The van der Waals surface area contributed by atoms with Crippen molar-refractivity contribution in [3.05, 3.63) is 23.2 Å². The molecular formula is C13H18ClN3O3S3. The molecule has 1 aromatic carbocycles. The first-order chi connectivity index (χ1) is 10.6. The van der Waals surface area contributed by atoms with Crippen molar-refractivity contribution in [1.29, 1.82) is 0 Å². The third kappa shape index (κ3) is 5.61. The molecule has 0 saturated heterocycles. The van der Waals surface area contributed by atoms with Gasteiger partial charge >= 0.3 is 0 Å². The number of halogens is 1. The van der Waals surface area contributed by atoms with E-state index in [0.717, 1.165) is 4.31 Å². The van der Waals surface area contributed by atoms with Gasteiger partial charge in [-0.1, -0.05) is 35.6 Å². The van der Waals surface area contributed by atoms with Crippen molar-refractivity contribution in [3.8, 4) is 0 Å². The van der Waals surface area contributed by atoms with Gasteiger partial charge in [0.1, 0.15) is 4.32 Å². The first-order valence-electron chi connectivity index (χ1n) is 6.41. The molecule has 1 amide bonds. The molecule has 0 fully saturated rings. The molecule has 0 spiro atoms. The van der Waals surface area contributed by atoms with Crippen LogP contribution in [0.15, 0.2) is 23.1 Å². The molecule has 0 saturated carbocycles. The van der Waals surface area contributed by atoms with Gasteiger partial charge in [-0.15, -0.1) is 0 Å². The fraction of sp³-hybridized carbons (Fsp3) is 0.385. The van der Waals surface area contributed by atoms with Gasteiger partial charge in [-0.2, -0.15) is 0 Å². The maximum atomic E-state index is 12.1. The Hall–Kier alpha value is -0.870. The Morgan fingerprint density at radius 2 is 1.91 bits per heavy atom. The van der Waals surface area contributed by atoms with E-state index in [4.69, 9.17) is 23.8 Å². The number of hydrogen-bond acceptors (Lipinski definition) is 5. The van der Waals surface area contributed by atoms with Crippen LogP contribution in [0.25, 0.3) is 0 Å². The average Bonchev–Trinajstić information content (AvgIpc) is 2.46. The SMILES string of the molecule is CN(C)C(=S)SCC(=O)Nc1cc(S(=O)(=O)N(C)C)ccc1Cl. The summed E-state index contributed by atoms with van der Waals surface area (Å²) in [6.45, 7) is 0. The van der Waals surface area contributed by atoms with Gasteiger partial charge in [0, 0.05) is 28.2 Å². The minimum Gasteiger partial charge on any atom is -0.364 e. The highest BCUT2D eigenvalue weighted by atomic mass is 35.5. The smallest absolute Gasteiger partial charge is 0.242 e. The van der Waals surface area contributed by atoms with E-state index >= 15 is 0 Å². The van der Waals surface area contributed by atoms with E-state index in [-0.39, 0.29) is 27.3 Å². The van der Waals surface area contributed by atoms with E-state index in [1.165, 1.54) is 44.1 Å². The van der Waals surface area contributed by atoms with Crippen molar-refractivity contribution in [2.75, 3.05) is 39.3 Å². The number of sulfonamides is 1. The zero-order valence-corrected chi connectivity index (χ0v) is 16.4. The lowest BCUT2D eigenvalue weighted by atomic mass is 10.3. The first kappa shape index (κ1) is 20.2. The van der Waals surface area contributed by atoms with Crippen molar-refractivity contribution < 1.29 is 13.2 Å². The van der Waals surface area contributed by atoms with Gasteiger partial charge in [0.2, 0.25) is 15.9 Å². The summed E-state index contributed by atoms with van der Waals surface area (Å²) in [5.74, 6) is -0.210. The standard InChI is InChI=1S/C13H18ClN3O3S3/c1-16(2)13(21)22-8-12(18)15-11-7-9(5-6-10(11)14)23(19,20)17(3)4/h5-7H,8H2,1-4H3,(H,15,18). The molecule has 1 N–H and O–H groups in total. The first-order valence-corrected chi connectivity index (χ1v) is 9.63. The number of thioether (sulfide) groups is 1. The molecule has 128 valence electrons. The highest BCUT2D eigenvalue weighted by Gasteiger charge is 2.19. The van der Waals surface area contributed by atoms with Gasteiger partial charge in [0.25, 0.3) is 0 Å². The summed E-state index contributed by atoms with van der Waals surface area (Å²) in [6, 6.07) is 4.17. The summed E-state index contributed by atoms with van der Waals surface area (Å²) in [7, 11) is 2.85. The summed E-state index contributed by atoms with van der Waals surface area (Å²) < 4.78 is 25.9. The predicted octanol–water partition coefficient (Wildman–Crippen LogP) is 2.11. The second-order valence-electron chi connectivity index (χ2n) is 4.93. The number of carbonyl (C=O) groups is 1. The maximum Gasteiger partial charge on any atom is 0.242 e. The minimum atomic E-state index is -3.60. The van der Waals surface area contributed by atoms with Crippen LogP contribution in [0.5, 0.6) is 0 Å². The maximum absolute atomic E-state index is 12.1. The topological polar surface area (TPSA) is 69.7 Å². The van der Waals surface area contributed by atoms with Crippen LogP contribution >= 0.6 is 35.6 Å². The summed E-state index contributed by atoms with van der Waals surface area (Å²) in [5, 5.41) is 2.86. The van der Waals surface area contributed by atoms with Gasteiger partial charge in [0.05, 0.1) is 21.4 Å². The lowest BCUT2D eigenvalue weighted by molar-refractivity contribution is -0.113. The van der Waals surface area contributed by atoms with Gasteiger partial charge in [-0.3, -0.25) is 4.79 Å². The molecule has 1 rings (SSSR count). The molecule has 10 heteroatoms. The predicted molar refractivity (Wildman–Crippen MR) is 99.7 cm³/mol. The minimum absolute atomic E-state index is 0.0543. The molecule has 0 unspecified atom stereocenters. The molecule has 23 heavy (non-hydrogen) atoms. The Bertz CT molecular complexity index is 706. The van der Waals surface area contributed by atoms with Crippen LogP contribution < -0.4 is 5.32 Å². The van der Waals surface area contributed by atoms with Crippen LogP contribution in [0.2, 0.25) is 5.02 Å². The summed E-state index contributed by atoms with van der Waals surface area (Å²) in [6.07, 6.45) is 0. The largest absolute Gasteiger partial charge is 0.364 e. The average molecular weight is 396 g/mol. The number of benzene rings is 1. The second-order valence-corrected chi connectivity index (χ2v) is 9.09. The number of anilines is 1. The molecule has 0 atom stereocenters. The molecule has 0 heterocycles. The Labute approximate surface area is 151 Å². The normalized spacial score (nSPS) is 11.4. The molecule has 0 radical (unpaired) electrons. The monoisotopic (exact) mass is 395 g/mol. The lowest BCUT2D eigenvalue weighted by Crippen LogP contribution is -2.23. The number of thiocarbonyl (C=S) groups is 1. The van der Waals surface area contributed by atoms with E-state index < -0.39 is 10.0 Å². The van der Waals surface area contributed by atoms with Crippen LogP contribution in [-0.2, 0) is 14.8 Å². The van der Waals surface area contributed by atoms with E-state index in [2.05, 4.69) is 5.32 Å². The molecule has 0 aliphatic rings. The molecule has 1 aromatic rings. The van der Waals surface area contributed by atoms with E-state index in [1.807, 2.05) is 0 Å². The zero-order chi connectivity index (χ0) is 17.8. The van der Waals surface area contributed by atoms with Crippen molar-refractivity contribution in [2.45, 2.75) is 4.90 Å². The molecule has 0 aliphatic carbocycles. The van der Waals surface area contributed by atoms with Crippen LogP contribution in [-0.4, -0.2) is 61.8 Å². The fourth-order valence-corrected chi connectivity index (χ4v) is 3.27. The van der Waals surface area contributed by atoms with Gasteiger partial charge < -0.3 is 10.2 Å². The molecular weight excluding hydrogens is 378 g/mol. The Balaban J connectivity index is 2.89. The number of carbonyl (C=O) groups excluding carboxylic acids is 1. The zero-order valence-electron chi connectivity index (χ0n) is 13.2. The number of rotatable bonds is 5. The molecule has 0 aromatic heterocycles. The van der Waals surface area contributed by atoms with Crippen LogP contribution in [0.3, 0.4) is 0 Å². The van der Waals surface area contributed by atoms with Crippen LogP contribution in [0.4, 0.5) is 5.69 Å². The summed E-state index contributed by atoms with van der Waals surface area (Å²) in [4.78, 5) is 13.7. The fourth-order valence-electron chi connectivity index (χ4n) is 1.41. The number of hydrogen-bond donors (Lipinski definition) is 1. The number of nitrogens with one attached hydrogen (secondary N) is 1. The Kier molecular flexibility index (Phi) is 7.28. The highest BCUT2D eigenvalue weighted by molar-refractivity contribution is 8.23. The highest BCUT2D eigenvalue weighted by Crippen LogP contribution is 2.26. The van der Waals surface area contributed by atoms with Crippen LogP contribution in [0, 0.1) is 0 Å². The molecule has 0 bridgehead atoms.